The zero-order valence-corrected chi connectivity index (χ0v) is 14.6. The lowest BCUT2D eigenvalue weighted by atomic mass is 10.1. The molecule has 6 heteroatoms. The van der Waals surface area contributed by atoms with Gasteiger partial charge in [-0.05, 0) is 31.0 Å². The number of rotatable bonds is 5. The van der Waals surface area contributed by atoms with Crippen LogP contribution >= 0.6 is 15.9 Å². The van der Waals surface area contributed by atoms with Crippen molar-refractivity contribution in [3.05, 3.63) is 39.4 Å². The smallest absolute Gasteiger partial charge is 0.261 e. The van der Waals surface area contributed by atoms with Crippen LogP contribution in [0.4, 0.5) is 0 Å². The summed E-state index contributed by atoms with van der Waals surface area (Å²) in [7, 11) is 0. The van der Waals surface area contributed by atoms with Gasteiger partial charge in [0.25, 0.3) is 5.56 Å². The number of nitrogens with zero attached hydrogens (tertiary/aromatic N) is 2. The molecule has 2 aromatic rings. The van der Waals surface area contributed by atoms with E-state index in [1.54, 1.807) is 12.1 Å². The first-order valence-corrected chi connectivity index (χ1v) is 8.12. The molecule has 0 fully saturated rings. The number of fused-ring (bicyclic) bond motifs is 1. The van der Waals surface area contributed by atoms with Crippen molar-refractivity contribution in [3.8, 4) is 0 Å². The van der Waals surface area contributed by atoms with E-state index in [0.717, 1.165) is 4.47 Å². The molecule has 1 unspecified atom stereocenters. The molecule has 0 saturated carbocycles. The number of aromatic nitrogens is 2. The molecule has 0 aliphatic carbocycles. The third-order valence-corrected chi connectivity index (χ3v) is 4.25. The number of aryl methyl sites for hydroxylation is 1. The van der Waals surface area contributed by atoms with Crippen LogP contribution in [0.25, 0.3) is 10.9 Å². The number of carbonyl (C=O) groups excluding carboxylic acids is 1. The Morgan fingerprint density at radius 2 is 2.09 bits per heavy atom. The second-order valence-corrected chi connectivity index (χ2v) is 6.67. The number of amides is 1. The van der Waals surface area contributed by atoms with Crippen molar-refractivity contribution in [1.82, 2.24) is 14.9 Å². The molecule has 118 valence electrons. The average Bonchev–Trinajstić information content (AvgIpc) is 2.47. The SMILES string of the molecule is CC(C)C(C)NC(=O)CCn1cnc2ccc(Br)cc2c1=O. The summed E-state index contributed by atoms with van der Waals surface area (Å²) in [6.07, 6.45) is 1.76. The molecule has 1 aromatic heterocycles. The molecule has 0 aliphatic rings. The van der Waals surface area contributed by atoms with Crippen LogP contribution in [0.3, 0.4) is 0 Å². The first-order chi connectivity index (χ1) is 10.4. The zero-order valence-electron chi connectivity index (χ0n) is 13.0. The maximum absolute atomic E-state index is 12.4. The fourth-order valence-electron chi connectivity index (χ4n) is 2.01. The number of halogens is 1. The standard InChI is InChI=1S/C16H20BrN3O2/c1-10(2)11(3)19-15(21)6-7-20-9-18-14-5-4-12(17)8-13(14)16(20)22/h4-5,8-11H,6-7H2,1-3H3,(H,19,21). The number of hydrogen-bond acceptors (Lipinski definition) is 3. The highest BCUT2D eigenvalue weighted by molar-refractivity contribution is 9.10. The molecular weight excluding hydrogens is 346 g/mol. The second-order valence-electron chi connectivity index (χ2n) is 5.75. The monoisotopic (exact) mass is 365 g/mol. The fourth-order valence-corrected chi connectivity index (χ4v) is 2.37. The van der Waals surface area contributed by atoms with Crippen LogP contribution in [0.5, 0.6) is 0 Å². The van der Waals surface area contributed by atoms with Gasteiger partial charge in [0.2, 0.25) is 5.91 Å². The molecular formula is C16H20BrN3O2. The van der Waals surface area contributed by atoms with Gasteiger partial charge in [-0.15, -0.1) is 0 Å². The van der Waals surface area contributed by atoms with E-state index in [1.807, 2.05) is 13.0 Å². The Hall–Kier alpha value is -1.69. The summed E-state index contributed by atoms with van der Waals surface area (Å²) in [4.78, 5) is 28.6. The van der Waals surface area contributed by atoms with Gasteiger partial charge in [-0.2, -0.15) is 0 Å². The highest BCUT2D eigenvalue weighted by atomic mass is 79.9. The molecule has 2 rings (SSSR count). The van der Waals surface area contributed by atoms with Crippen molar-refractivity contribution in [2.45, 2.75) is 39.8 Å². The Morgan fingerprint density at radius 3 is 2.77 bits per heavy atom. The molecule has 5 nitrogen and oxygen atoms in total. The van der Waals surface area contributed by atoms with Gasteiger partial charge in [-0.25, -0.2) is 4.98 Å². The predicted molar refractivity (Wildman–Crippen MR) is 90.8 cm³/mol. The summed E-state index contributed by atoms with van der Waals surface area (Å²) in [5, 5.41) is 3.48. The van der Waals surface area contributed by atoms with Gasteiger partial charge in [0.05, 0.1) is 17.2 Å². The topological polar surface area (TPSA) is 64.0 Å². The molecule has 0 saturated heterocycles. The third-order valence-electron chi connectivity index (χ3n) is 3.75. The highest BCUT2D eigenvalue weighted by Crippen LogP contribution is 2.14. The maximum Gasteiger partial charge on any atom is 0.261 e. The summed E-state index contributed by atoms with van der Waals surface area (Å²) in [5.74, 6) is 0.328. The van der Waals surface area contributed by atoms with Crippen molar-refractivity contribution in [2.75, 3.05) is 0 Å². The Balaban J connectivity index is 2.11. The van der Waals surface area contributed by atoms with Gasteiger partial charge in [0, 0.05) is 23.5 Å². The van der Waals surface area contributed by atoms with Crippen LogP contribution in [-0.2, 0) is 11.3 Å². The van der Waals surface area contributed by atoms with E-state index in [9.17, 15) is 9.59 Å². The lowest BCUT2D eigenvalue weighted by molar-refractivity contribution is -0.122. The molecule has 0 radical (unpaired) electrons. The molecule has 0 aliphatic heterocycles. The van der Waals surface area contributed by atoms with E-state index in [4.69, 9.17) is 0 Å². The minimum absolute atomic E-state index is 0.0533. The number of nitrogens with one attached hydrogen (secondary N) is 1. The first-order valence-electron chi connectivity index (χ1n) is 7.32. The number of hydrogen-bond donors (Lipinski definition) is 1. The van der Waals surface area contributed by atoms with Crippen LogP contribution in [0.2, 0.25) is 0 Å². The fraction of sp³-hybridized carbons (Fsp3) is 0.438. The van der Waals surface area contributed by atoms with Crippen LogP contribution in [0, 0.1) is 5.92 Å². The number of carbonyl (C=O) groups is 1. The molecule has 1 amide bonds. The minimum atomic E-state index is -0.129. The van der Waals surface area contributed by atoms with E-state index in [0.29, 0.717) is 23.4 Å². The summed E-state index contributed by atoms with van der Waals surface area (Å²) < 4.78 is 2.31. The largest absolute Gasteiger partial charge is 0.353 e. The van der Waals surface area contributed by atoms with Crippen molar-refractivity contribution in [1.29, 1.82) is 0 Å². The Morgan fingerprint density at radius 1 is 1.36 bits per heavy atom. The van der Waals surface area contributed by atoms with Gasteiger partial charge in [-0.1, -0.05) is 29.8 Å². The Bertz CT molecular complexity index is 740. The Kier molecular flexibility index (Phi) is 5.34. The van der Waals surface area contributed by atoms with Crippen molar-refractivity contribution in [3.63, 3.8) is 0 Å². The van der Waals surface area contributed by atoms with Gasteiger partial charge < -0.3 is 5.32 Å². The van der Waals surface area contributed by atoms with E-state index in [1.165, 1.54) is 10.9 Å². The quantitative estimate of drug-likeness (QED) is 0.885. The molecule has 1 N–H and O–H groups in total. The van der Waals surface area contributed by atoms with Gasteiger partial charge in [-0.3, -0.25) is 14.2 Å². The van der Waals surface area contributed by atoms with Crippen LogP contribution < -0.4 is 10.9 Å². The molecule has 0 bridgehead atoms. The molecule has 1 atom stereocenters. The van der Waals surface area contributed by atoms with Gasteiger partial charge in [0.15, 0.2) is 0 Å². The molecule has 0 spiro atoms. The lowest BCUT2D eigenvalue weighted by Gasteiger charge is -2.17. The van der Waals surface area contributed by atoms with Crippen LogP contribution in [0.15, 0.2) is 33.8 Å². The van der Waals surface area contributed by atoms with Crippen molar-refractivity contribution in [2.24, 2.45) is 5.92 Å². The van der Waals surface area contributed by atoms with Crippen LogP contribution in [0.1, 0.15) is 27.2 Å². The predicted octanol–water partition coefficient (Wildman–Crippen LogP) is 2.71. The second kappa shape index (κ2) is 7.05. The third kappa shape index (κ3) is 3.94. The zero-order chi connectivity index (χ0) is 16.3. The summed E-state index contributed by atoms with van der Waals surface area (Å²) in [6.45, 7) is 6.41. The molecule has 22 heavy (non-hydrogen) atoms. The number of benzene rings is 1. The van der Waals surface area contributed by atoms with E-state index >= 15 is 0 Å². The summed E-state index contributed by atoms with van der Waals surface area (Å²) in [6, 6.07) is 5.51. The van der Waals surface area contributed by atoms with E-state index in [2.05, 4.69) is 40.1 Å². The van der Waals surface area contributed by atoms with Crippen molar-refractivity contribution < 1.29 is 4.79 Å². The highest BCUT2D eigenvalue weighted by Gasteiger charge is 2.11. The summed E-state index contributed by atoms with van der Waals surface area (Å²) in [5.41, 5.74) is 0.526. The van der Waals surface area contributed by atoms with E-state index in [-0.39, 0.29) is 23.9 Å². The summed E-state index contributed by atoms with van der Waals surface area (Å²) >= 11 is 3.35. The normalized spacial score (nSPS) is 12.6. The average molecular weight is 366 g/mol. The van der Waals surface area contributed by atoms with Crippen LogP contribution in [-0.4, -0.2) is 21.5 Å². The molecule has 1 aromatic carbocycles. The van der Waals surface area contributed by atoms with Crippen molar-refractivity contribution >= 4 is 32.7 Å². The minimum Gasteiger partial charge on any atom is -0.353 e. The first kappa shape index (κ1) is 16.7. The van der Waals surface area contributed by atoms with Gasteiger partial charge >= 0.3 is 0 Å². The van der Waals surface area contributed by atoms with Gasteiger partial charge in [0.1, 0.15) is 0 Å². The lowest BCUT2D eigenvalue weighted by Crippen LogP contribution is -2.37. The molecule has 1 heterocycles. The Labute approximate surface area is 137 Å². The van der Waals surface area contributed by atoms with E-state index < -0.39 is 0 Å². The maximum atomic E-state index is 12.4.